The molecule has 1 fully saturated rings. The normalized spacial score (nSPS) is 17.7. The third kappa shape index (κ3) is 7.54. The van der Waals surface area contributed by atoms with Crippen molar-refractivity contribution in [3.63, 3.8) is 0 Å². The van der Waals surface area contributed by atoms with Crippen molar-refractivity contribution in [3.05, 3.63) is 59.0 Å². The Bertz CT molecular complexity index is 1080. The van der Waals surface area contributed by atoms with Crippen LogP contribution in [0.1, 0.15) is 12.8 Å². The maximum atomic E-state index is 15.6. The van der Waals surface area contributed by atoms with Gasteiger partial charge in [0.2, 0.25) is 0 Å². The molecule has 0 spiro atoms. The van der Waals surface area contributed by atoms with Crippen molar-refractivity contribution in [1.82, 2.24) is 9.62 Å². The van der Waals surface area contributed by atoms with Gasteiger partial charge in [-0.05, 0) is 36.2 Å². The second-order valence-electron chi connectivity index (χ2n) is 8.19. The monoisotopic (exact) mass is 540 g/mol. The summed E-state index contributed by atoms with van der Waals surface area (Å²) in [6.45, 7) is 0.957. The molecule has 35 heavy (non-hydrogen) atoms. The Balaban J connectivity index is 1.69. The third-order valence-corrected chi connectivity index (χ3v) is 7.71. The summed E-state index contributed by atoms with van der Waals surface area (Å²) >= 11 is 7.97. The van der Waals surface area contributed by atoms with Crippen molar-refractivity contribution in [3.8, 4) is 16.9 Å². The minimum Gasteiger partial charge on any atom is -0.497 e. The number of nitrogens with zero attached hydrogens (tertiary/aromatic N) is 1. The number of ether oxygens (including phenoxy) is 2. The Morgan fingerprint density at radius 3 is 2.60 bits per heavy atom. The molecule has 1 saturated heterocycles. The summed E-state index contributed by atoms with van der Waals surface area (Å²) < 4.78 is 39.5. The number of benzene rings is 2. The molecule has 10 heteroatoms. The molecule has 3 rings (SSSR count). The zero-order valence-corrected chi connectivity index (χ0v) is 22.4. The summed E-state index contributed by atoms with van der Waals surface area (Å²) in [6, 6.07) is 12.8. The van der Waals surface area contributed by atoms with E-state index < -0.39 is 28.4 Å². The minimum absolute atomic E-state index is 0.0620. The lowest BCUT2D eigenvalue weighted by molar-refractivity contribution is -0.136. The average molecular weight is 541 g/mol. The summed E-state index contributed by atoms with van der Waals surface area (Å²) in [5.41, 5.74) is -0.164. The molecule has 0 bridgehead atoms. The van der Waals surface area contributed by atoms with E-state index in [1.165, 1.54) is 30.7 Å². The summed E-state index contributed by atoms with van der Waals surface area (Å²) in [5, 5.41) is 4.77. The number of rotatable bonds is 10. The minimum atomic E-state index is -1.98. The first-order valence-electron chi connectivity index (χ1n) is 11.1. The van der Waals surface area contributed by atoms with E-state index in [0.717, 1.165) is 16.0 Å². The number of amides is 1. The molecule has 6 nitrogen and oxygen atoms in total. The maximum absolute atomic E-state index is 15.6. The van der Waals surface area contributed by atoms with Gasteiger partial charge in [-0.25, -0.2) is 8.70 Å². The van der Waals surface area contributed by atoms with E-state index in [0.29, 0.717) is 23.9 Å². The zero-order chi connectivity index (χ0) is 25.4. The first-order valence-corrected chi connectivity index (χ1v) is 13.9. The van der Waals surface area contributed by atoms with Gasteiger partial charge in [0.15, 0.2) is 5.67 Å². The molecule has 0 radical (unpaired) electrons. The van der Waals surface area contributed by atoms with E-state index >= 15 is 4.39 Å². The number of hydrogen-bond acceptors (Lipinski definition) is 6. The van der Waals surface area contributed by atoms with Crippen molar-refractivity contribution >= 4 is 40.3 Å². The molecule has 1 aliphatic rings. The smallest absolute Gasteiger partial charge is 0.258 e. The zero-order valence-electron chi connectivity index (χ0n) is 20.0. The van der Waals surface area contributed by atoms with E-state index in [9.17, 15) is 9.00 Å². The van der Waals surface area contributed by atoms with Gasteiger partial charge in [0, 0.05) is 76.5 Å². The molecular weight excluding hydrogens is 511 g/mol. The first kappa shape index (κ1) is 27.7. The number of nitrogens with one attached hydrogen (secondary N) is 1. The molecule has 1 aliphatic heterocycles. The van der Waals surface area contributed by atoms with Crippen molar-refractivity contribution in [2.24, 2.45) is 0 Å². The molecule has 1 amide bonds. The van der Waals surface area contributed by atoms with Gasteiger partial charge in [-0.3, -0.25) is 9.00 Å². The summed E-state index contributed by atoms with van der Waals surface area (Å²) in [7, 11) is 1.94. The van der Waals surface area contributed by atoms with Gasteiger partial charge in [-0.15, -0.1) is 0 Å². The molecule has 1 heterocycles. The van der Waals surface area contributed by atoms with Crippen LogP contribution in [0.15, 0.2) is 58.8 Å². The van der Waals surface area contributed by atoms with Gasteiger partial charge in [0.05, 0.1) is 19.8 Å². The Kier molecular flexibility index (Phi) is 10.2. The molecule has 190 valence electrons. The molecule has 2 aromatic rings. The van der Waals surface area contributed by atoms with Crippen LogP contribution in [0.3, 0.4) is 0 Å². The van der Waals surface area contributed by atoms with Crippen LogP contribution < -0.4 is 10.1 Å². The van der Waals surface area contributed by atoms with Gasteiger partial charge in [-0.2, -0.15) is 0 Å². The molecule has 2 aromatic carbocycles. The Hall–Kier alpha value is -1.91. The highest BCUT2D eigenvalue weighted by Crippen LogP contribution is 2.40. The topological polar surface area (TPSA) is 67.9 Å². The second kappa shape index (κ2) is 12.9. The van der Waals surface area contributed by atoms with Gasteiger partial charge in [-0.1, -0.05) is 35.9 Å². The quantitative estimate of drug-likeness (QED) is 0.435. The predicted octanol–water partition coefficient (Wildman–Crippen LogP) is 4.85. The molecular formula is C25H30ClFN2O4S2. The van der Waals surface area contributed by atoms with E-state index in [2.05, 4.69) is 9.62 Å². The van der Waals surface area contributed by atoms with Crippen molar-refractivity contribution in [2.45, 2.75) is 29.4 Å². The van der Waals surface area contributed by atoms with Gasteiger partial charge in [0.1, 0.15) is 5.75 Å². The van der Waals surface area contributed by atoms with E-state index in [1.54, 1.807) is 13.2 Å². The van der Waals surface area contributed by atoms with Crippen LogP contribution in [0.5, 0.6) is 5.75 Å². The summed E-state index contributed by atoms with van der Waals surface area (Å²) in [4.78, 5) is 13.7. The lowest BCUT2D eigenvalue weighted by Crippen LogP contribution is -2.52. The van der Waals surface area contributed by atoms with E-state index in [1.807, 2.05) is 42.5 Å². The highest BCUT2D eigenvalue weighted by molar-refractivity contribution is 7.97. The van der Waals surface area contributed by atoms with Crippen LogP contribution in [-0.4, -0.2) is 66.3 Å². The van der Waals surface area contributed by atoms with E-state index in [-0.39, 0.29) is 19.4 Å². The molecule has 0 aromatic heterocycles. The number of halogens is 2. The number of piperidine rings is 1. The van der Waals surface area contributed by atoms with Crippen LogP contribution in [0, 0.1) is 0 Å². The maximum Gasteiger partial charge on any atom is 0.258 e. The summed E-state index contributed by atoms with van der Waals surface area (Å²) in [6.07, 6.45) is 3.22. The van der Waals surface area contributed by atoms with Crippen LogP contribution in [0.4, 0.5) is 4.39 Å². The van der Waals surface area contributed by atoms with Gasteiger partial charge >= 0.3 is 0 Å². The van der Waals surface area contributed by atoms with Crippen LogP contribution in [0.2, 0.25) is 5.02 Å². The lowest BCUT2D eigenvalue weighted by Gasteiger charge is -2.35. The number of carbonyl (C=O) groups excluding carboxylic acids is 1. The molecule has 0 saturated carbocycles. The fourth-order valence-corrected chi connectivity index (χ4v) is 5.42. The van der Waals surface area contributed by atoms with Crippen LogP contribution >= 0.6 is 23.5 Å². The summed E-state index contributed by atoms with van der Waals surface area (Å²) in [5.74, 6) is 0.0471. The second-order valence-corrected chi connectivity index (χ2v) is 11.0. The fourth-order valence-electron chi connectivity index (χ4n) is 3.73. The van der Waals surface area contributed by atoms with Crippen molar-refractivity contribution in [2.75, 3.05) is 40.2 Å². The van der Waals surface area contributed by atoms with Gasteiger partial charge in [0.25, 0.3) is 5.91 Å². The predicted molar refractivity (Wildman–Crippen MR) is 141 cm³/mol. The first-order chi connectivity index (χ1) is 16.8. The number of carbonyl (C=O) groups is 1. The van der Waals surface area contributed by atoms with Crippen LogP contribution in [-0.2, 0) is 20.3 Å². The standard InChI is InChI=1S/C25H30ClFN2O4S2/c1-32-17-18(10-15-35(3)31)28-24(30)25(27)11-13-29(14-12-25)34-23-9-8-19(33-2)16-21(23)20-6-4-5-7-22(20)26/h4-10,15-16,18H,11-14,17H2,1-3H3,(H,28,30)/b15-10-. The fraction of sp³-hybridized carbons (Fsp3) is 0.400. The van der Waals surface area contributed by atoms with E-state index in [4.69, 9.17) is 21.1 Å². The molecule has 0 aliphatic carbocycles. The lowest BCUT2D eigenvalue weighted by atomic mass is 9.93. The number of alkyl halides is 1. The van der Waals surface area contributed by atoms with Gasteiger partial charge < -0.3 is 14.8 Å². The highest BCUT2D eigenvalue weighted by atomic mass is 35.5. The van der Waals surface area contributed by atoms with Crippen molar-refractivity contribution in [1.29, 1.82) is 0 Å². The molecule has 2 unspecified atom stereocenters. The average Bonchev–Trinajstić information content (AvgIpc) is 2.84. The number of hydrogen-bond donors (Lipinski definition) is 1. The number of methoxy groups -OCH3 is 2. The third-order valence-electron chi connectivity index (χ3n) is 5.67. The SMILES string of the molecule is COCC(/C=C\S(C)=O)NC(=O)C1(F)CCN(Sc2ccc(OC)cc2-c2ccccc2Cl)CC1. The van der Waals surface area contributed by atoms with Crippen LogP contribution in [0.25, 0.3) is 11.1 Å². The largest absolute Gasteiger partial charge is 0.497 e. The highest BCUT2D eigenvalue weighted by Gasteiger charge is 2.42. The molecule has 1 N–H and O–H groups in total. The Labute approximate surface area is 217 Å². The van der Waals surface area contributed by atoms with Crippen molar-refractivity contribution < 1.29 is 22.9 Å². The Morgan fingerprint density at radius 1 is 1.26 bits per heavy atom. The molecule has 2 atom stereocenters. The Morgan fingerprint density at radius 2 is 1.97 bits per heavy atom.